The summed E-state index contributed by atoms with van der Waals surface area (Å²) in [6, 6.07) is 18.5. The molecule has 0 saturated carbocycles. The number of likely N-dealkylation sites (tertiary alicyclic amines) is 3. The number of hydrogen-bond acceptors (Lipinski definition) is 14. The second-order valence-electron chi connectivity index (χ2n) is 22.7. The number of aromatic nitrogens is 4. The third kappa shape index (κ3) is 10.6. The first-order valence-electron chi connectivity index (χ1n) is 26.7. The highest BCUT2D eigenvalue weighted by Gasteiger charge is 2.46. The van der Waals surface area contributed by atoms with Gasteiger partial charge in [-0.15, -0.1) is 11.3 Å². The van der Waals surface area contributed by atoms with Crippen LogP contribution in [-0.4, -0.2) is 153 Å². The van der Waals surface area contributed by atoms with Gasteiger partial charge in [0.2, 0.25) is 17.7 Å². The van der Waals surface area contributed by atoms with Crippen LogP contribution in [0.1, 0.15) is 70.6 Å². The van der Waals surface area contributed by atoms with Crippen molar-refractivity contribution in [3.63, 3.8) is 0 Å². The van der Waals surface area contributed by atoms with Gasteiger partial charge in [0, 0.05) is 91.4 Å². The number of hydrogen-bond donors (Lipinski definition) is 4. The Hall–Kier alpha value is -5.89. The largest absolute Gasteiger partial charge is 0.462 e. The molecule has 5 saturated heterocycles. The first-order chi connectivity index (χ1) is 36.6. The van der Waals surface area contributed by atoms with E-state index in [1.54, 1.807) is 23.6 Å². The first kappa shape index (κ1) is 52.2. The van der Waals surface area contributed by atoms with Gasteiger partial charge in [0.05, 0.1) is 27.6 Å². The molecule has 2 bridgehead atoms. The standard InChI is InChI=1S/C57H67ClFN11O5S/c1-32-50(76-31-62-32)35-14-12-33(13-15-35)24-61-54(73)45-23-41(71)29-70(45)55(74)51(57(2,3)4)65-53(72)36-18-20-68(21-19-36)39-22-40(67(5)28-39)30-75-56-64-49-43(52(66-56)69-26-37-16-17-38(27-69)63-37)25-60-48(47(49)59)42-10-6-8-34-9-7-11-44(58)46(34)42/h6-15,25,31,36-41,45,51,63,71H,16-24,26-30H2,1-5H3,(H,61,73)(H,65,72)/t37?,38?,39-,40-,41+,45-,51+/m0/s1. The van der Waals surface area contributed by atoms with Gasteiger partial charge in [0.25, 0.3) is 0 Å². The number of β-amino-alcohol motifs (C(OH)–C–C–N with tert-alkyl or cyclic N) is 1. The van der Waals surface area contributed by atoms with Gasteiger partial charge in [-0.05, 0) is 87.2 Å². The van der Waals surface area contributed by atoms with E-state index in [2.05, 4.69) is 42.7 Å². The van der Waals surface area contributed by atoms with Crippen molar-refractivity contribution < 1.29 is 28.6 Å². The summed E-state index contributed by atoms with van der Waals surface area (Å²) >= 11 is 8.29. The maximum absolute atomic E-state index is 17.1. The van der Waals surface area contributed by atoms with E-state index in [0.29, 0.717) is 66.4 Å². The Bertz CT molecular complexity index is 3130. The number of aliphatic hydroxyl groups excluding tert-OH is 1. The summed E-state index contributed by atoms with van der Waals surface area (Å²) < 4.78 is 23.5. The molecule has 3 aromatic heterocycles. The van der Waals surface area contributed by atoms with Crippen molar-refractivity contribution in [1.29, 1.82) is 0 Å². The van der Waals surface area contributed by atoms with E-state index < -0.39 is 29.4 Å². The number of carbonyl (C=O) groups excluding carboxylic acids is 3. The molecular weight excluding hydrogens is 1010 g/mol. The molecule has 8 heterocycles. The Morgan fingerprint density at radius 2 is 1.67 bits per heavy atom. The fraction of sp³-hybridized carbons (Fsp3) is 0.491. The molecule has 5 aliphatic heterocycles. The average molecular weight is 1070 g/mol. The van der Waals surface area contributed by atoms with Gasteiger partial charge < -0.3 is 35.6 Å². The Balaban J connectivity index is 0.717. The summed E-state index contributed by atoms with van der Waals surface area (Å²) in [6.07, 6.45) is 5.18. The zero-order valence-corrected chi connectivity index (χ0v) is 45.3. The summed E-state index contributed by atoms with van der Waals surface area (Å²) in [5.41, 5.74) is 5.00. The van der Waals surface area contributed by atoms with Crippen LogP contribution in [0.15, 0.2) is 72.4 Å². The number of halogens is 2. The van der Waals surface area contributed by atoms with Crippen LogP contribution in [0.2, 0.25) is 5.02 Å². The number of thiazole rings is 1. The predicted octanol–water partition coefficient (Wildman–Crippen LogP) is 6.98. The zero-order chi connectivity index (χ0) is 53.0. The first-order valence-corrected chi connectivity index (χ1v) is 28.0. The number of rotatable bonds is 13. The van der Waals surface area contributed by atoms with Crippen molar-refractivity contribution in [2.45, 2.75) is 115 Å². The van der Waals surface area contributed by atoms with E-state index >= 15 is 4.39 Å². The number of amides is 3. The number of fused-ring (bicyclic) bond motifs is 4. The lowest BCUT2D eigenvalue weighted by molar-refractivity contribution is -0.144. The van der Waals surface area contributed by atoms with Crippen LogP contribution in [-0.2, 0) is 20.9 Å². The highest BCUT2D eigenvalue weighted by molar-refractivity contribution is 7.13. The Morgan fingerprint density at radius 1 is 0.934 bits per heavy atom. The summed E-state index contributed by atoms with van der Waals surface area (Å²) in [4.78, 5) is 70.5. The fourth-order valence-corrected chi connectivity index (χ4v) is 13.3. The molecule has 3 amide bonds. The zero-order valence-electron chi connectivity index (χ0n) is 43.8. The topological polar surface area (TPSA) is 181 Å². The van der Waals surface area contributed by atoms with E-state index in [1.165, 1.54) is 4.90 Å². The molecular formula is C57H67ClFN11O5S. The molecule has 16 nitrogen and oxygen atoms in total. The van der Waals surface area contributed by atoms with Gasteiger partial charge in [0.15, 0.2) is 5.82 Å². The van der Waals surface area contributed by atoms with Crippen molar-refractivity contribution in [3.8, 4) is 27.7 Å². The van der Waals surface area contributed by atoms with Gasteiger partial charge in [-0.1, -0.05) is 87.0 Å². The number of nitrogens with one attached hydrogen (secondary N) is 3. The number of nitrogens with zero attached hydrogens (tertiary/aromatic N) is 8. The maximum Gasteiger partial charge on any atom is 0.319 e. The highest BCUT2D eigenvalue weighted by Crippen LogP contribution is 2.39. The van der Waals surface area contributed by atoms with Crippen molar-refractivity contribution >= 4 is 68.2 Å². The Morgan fingerprint density at radius 3 is 2.38 bits per heavy atom. The van der Waals surface area contributed by atoms with E-state index in [0.717, 1.165) is 71.4 Å². The lowest BCUT2D eigenvalue weighted by Crippen LogP contribution is -2.59. The van der Waals surface area contributed by atoms with Crippen molar-refractivity contribution in [2.75, 3.05) is 57.8 Å². The minimum absolute atomic E-state index is 0.00980. The van der Waals surface area contributed by atoms with Crippen molar-refractivity contribution in [3.05, 3.63) is 94.5 Å². The molecule has 76 heavy (non-hydrogen) atoms. The third-order valence-electron chi connectivity index (χ3n) is 16.4. The van der Waals surface area contributed by atoms with Crippen LogP contribution in [0.3, 0.4) is 0 Å². The van der Waals surface area contributed by atoms with Crippen LogP contribution >= 0.6 is 22.9 Å². The number of pyridine rings is 1. The number of benzene rings is 3. The number of anilines is 1. The van der Waals surface area contributed by atoms with E-state index in [4.69, 9.17) is 31.3 Å². The molecule has 3 aromatic carbocycles. The second kappa shape index (κ2) is 21.5. The minimum Gasteiger partial charge on any atom is -0.462 e. The number of likely N-dealkylation sites (N-methyl/N-ethyl adjacent to an activating group) is 1. The Labute approximate surface area is 451 Å². The molecule has 7 atom stereocenters. The van der Waals surface area contributed by atoms with Gasteiger partial charge in [-0.3, -0.25) is 29.2 Å². The quantitative estimate of drug-likeness (QED) is 0.0931. The van der Waals surface area contributed by atoms with Gasteiger partial charge in [0.1, 0.15) is 35.7 Å². The number of piperazine rings is 1. The molecule has 4 N–H and O–H groups in total. The van der Waals surface area contributed by atoms with Crippen LogP contribution < -0.4 is 25.6 Å². The lowest BCUT2D eigenvalue weighted by Gasteiger charge is -2.38. The molecule has 6 aromatic rings. The third-order valence-corrected chi connectivity index (χ3v) is 17.7. The fourth-order valence-electron chi connectivity index (χ4n) is 12.2. The summed E-state index contributed by atoms with van der Waals surface area (Å²) in [7, 11) is 2.09. The lowest BCUT2D eigenvalue weighted by atomic mass is 9.84. The molecule has 400 valence electrons. The summed E-state index contributed by atoms with van der Waals surface area (Å²) in [6.45, 7) is 12.0. The predicted molar refractivity (Wildman–Crippen MR) is 294 cm³/mol. The Kier molecular flexibility index (Phi) is 14.8. The second-order valence-corrected chi connectivity index (χ2v) is 24.0. The van der Waals surface area contributed by atoms with Crippen LogP contribution in [0, 0.1) is 24.1 Å². The van der Waals surface area contributed by atoms with E-state index in [9.17, 15) is 19.5 Å². The molecule has 5 fully saturated rings. The minimum atomic E-state index is -0.904. The van der Waals surface area contributed by atoms with Crippen LogP contribution in [0.4, 0.5) is 10.2 Å². The van der Waals surface area contributed by atoms with Crippen LogP contribution in [0.25, 0.3) is 43.4 Å². The number of ether oxygens (including phenoxy) is 1. The molecule has 2 unspecified atom stereocenters. The number of carbonyl (C=O) groups is 3. The summed E-state index contributed by atoms with van der Waals surface area (Å²) in [5.74, 6) is -1.12. The number of piperidine rings is 1. The average Bonchev–Trinajstić information content (AvgIpc) is 4.24. The normalized spacial score (nSPS) is 23.9. The highest BCUT2D eigenvalue weighted by atomic mass is 35.5. The maximum atomic E-state index is 17.1. The molecule has 0 aliphatic carbocycles. The molecule has 11 rings (SSSR count). The number of aryl methyl sites for hydroxylation is 1. The molecule has 19 heteroatoms. The summed E-state index contributed by atoms with van der Waals surface area (Å²) in [5, 5.41) is 23.2. The molecule has 0 spiro atoms. The SMILES string of the molecule is Cc1ncsc1-c1ccc(CNC(=O)[C@@H]2C[C@@H](O)CN2C(=O)[C@@H](NC(=O)C2CCN([C@H]3C[C@@H](COc4nc(N5CC6CCC(C5)N6)c5cnc(-c6cccc7cccc(Cl)c67)c(F)c5n4)N(C)C3)CC2)C(C)(C)C)cc1. The van der Waals surface area contributed by atoms with Gasteiger partial charge in [-0.25, -0.2) is 9.37 Å². The van der Waals surface area contributed by atoms with Crippen LogP contribution in [0.5, 0.6) is 6.01 Å². The molecule has 0 radical (unpaired) electrons. The molecule has 5 aliphatic rings. The van der Waals surface area contributed by atoms with Crippen molar-refractivity contribution in [1.82, 2.24) is 50.6 Å². The van der Waals surface area contributed by atoms with Gasteiger partial charge >= 0.3 is 6.01 Å². The van der Waals surface area contributed by atoms with E-state index in [1.807, 2.05) is 87.8 Å². The van der Waals surface area contributed by atoms with E-state index in [-0.39, 0.29) is 72.5 Å². The smallest absolute Gasteiger partial charge is 0.319 e. The van der Waals surface area contributed by atoms with Gasteiger partial charge in [-0.2, -0.15) is 9.97 Å². The number of aliphatic hydroxyl groups is 1. The monoisotopic (exact) mass is 1070 g/mol. The van der Waals surface area contributed by atoms with Crippen molar-refractivity contribution in [2.24, 2.45) is 11.3 Å².